The molecule has 1 heterocycles. The Kier molecular flexibility index (Phi) is 2.83. The second-order valence-electron chi connectivity index (χ2n) is 1.46. The summed E-state index contributed by atoms with van der Waals surface area (Å²) in [6, 6.07) is 1.85. The van der Waals surface area contributed by atoms with E-state index in [1.807, 2.05) is 6.07 Å². The van der Waals surface area contributed by atoms with E-state index in [0.717, 1.165) is 13.7 Å². The van der Waals surface area contributed by atoms with Crippen molar-refractivity contribution in [1.82, 2.24) is 0 Å². The molecule has 0 aromatic carbocycles. The maximum atomic E-state index is 5.67. The molecule has 0 atom stereocenters. The minimum Gasteiger partial charge on any atom is -0.126 e. The summed E-state index contributed by atoms with van der Waals surface area (Å²) in [6.45, 7) is 0. The number of halogens is 3. The predicted molar refractivity (Wildman–Crippen MR) is 46.6 cm³/mol. The van der Waals surface area contributed by atoms with Gasteiger partial charge in [0, 0.05) is 9.35 Å². The molecule has 0 nitrogen and oxygen atoms in total. The van der Waals surface area contributed by atoms with Crippen molar-refractivity contribution in [2.75, 3.05) is 0 Å². The van der Waals surface area contributed by atoms with Crippen molar-refractivity contribution < 1.29 is 0 Å². The lowest BCUT2D eigenvalue weighted by molar-refractivity contribution is 1.50. The average molecular weight is 246 g/mol. The van der Waals surface area contributed by atoms with Gasteiger partial charge in [-0.3, -0.25) is 0 Å². The molecule has 9 heavy (non-hydrogen) atoms. The molecule has 0 unspecified atom stereocenters. The van der Waals surface area contributed by atoms with Crippen molar-refractivity contribution in [2.24, 2.45) is 0 Å². The Balaban J connectivity index is 3.01. The van der Waals surface area contributed by atoms with Crippen LogP contribution in [0.1, 0.15) is 4.88 Å². The summed E-state index contributed by atoms with van der Waals surface area (Å²) in [7, 11) is 0. The summed E-state index contributed by atoms with van der Waals surface area (Å²) in [5.41, 5.74) is 0. The zero-order valence-corrected chi connectivity index (χ0v) is 8.24. The fraction of sp³-hybridized carbons (Fsp3) is 0.200. The molecule has 0 N–H and O–H groups in total. The van der Waals surface area contributed by atoms with Gasteiger partial charge in [0.2, 0.25) is 0 Å². The summed E-state index contributed by atoms with van der Waals surface area (Å²) < 4.78 is 1.78. The van der Waals surface area contributed by atoms with E-state index >= 15 is 0 Å². The van der Waals surface area contributed by atoms with E-state index in [2.05, 4.69) is 15.9 Å². The second-order valence-corrected chi connectivity index (χ2v) is 4.34. The van der Waals surface area contributed by atoms with Gasteiger partial charge in [-0.05, 0) is 22.0 Å². The molecule has 0 aliphatic rings. The number of hydrogen-bond acceptors (Lipinski definition) is 1. The third-order valence-corrected chi connectivity index (χ3v) is 3.51. The smallest absolute Gasteiger partial charge is 0.0943 e. The first-order chi connectivity index (χ1) is 4.24. The Labute approximate surface area is 75.9 Å². The van der Waals surface area contributed by atoms with Crippen LogP contribution in [-0.2, 0) is 5.88 Å². The van der Waals surface area contributed by atoms with Gasteiger partial charge in [0.1, 0.15) is 0 Å². The first-order valence-electron chi connectivity index (χ1n) is 2.23. The van der Waals surface area contributed by atoms with Crippen LogP contribution in [0.15, 0.2) is 10.5 Å². The summed E-state index contributed by atoms with van der Waals surface area (Å²) in [6.07, 6.45) is 0. The van der Waals surface area contributed by atoms with Gasteiger partial charge in [0.25, 0.3) is 0 Å². The van der Waals surface area contributed by atoms with E-state index < -0.39 is 0 Å². The van der Waals surface area contributed by atoms with Crippen molar-refractivity contribution in [3.05, 3.63) is 19.8 Å². The van der Waals surface area contributed by atoms with Gasteiger partial charge in [-0.1, -0.05) is 11.6 Å². The standard InChI is InChI=1S/C5H3BrCl2S/c6-3-1-5(8)9-4(3)2-7/h1H,2H2. The molecule has 1 aromatic rings. The molecule has 0 fully saturated rings. The summed E-state index contributed by atoms with van der Waals surface area (Å²) in [5.74, 6) is 0.526. The molecule has 0 aliphatic carbocycles. The summed E-state index contributed by atoms with van der Waals surface area (Å²) in [5, 5.41) is 0. The van der Waals surface area contributed by atoms with Gasteiger partial charge in [-0.25, -0.2) is 0 Å². The highest BCUT2D eigenvalue weighted by Gasteiger charge is 2.02. The van der Waals surface area contributed by atoms with Gasteiger partial charge < -0.3 is 0 Å². The third-order valence-electron chi connectivity index (χ3n) is 0.849. The van der Waals surface area contributed by atoms with Crippen LogP contribution in [0.4, 0.5) is 0 Å². The maximum Gasteiger partial charge on any atom is 0.0943 e. The highest BCUT2D eigenvalue weighted by molar-refractivity contribution is 9.10. The molecular weight excluding hydrogens is 243 g/mol. The molecule has 0 amide bonds. The quantitative estimate of drug-likeness (QED) is 0.659. The topological polar surface area (TPSA) is 0 Å². The molecule has 1 aromatic heterocycles. The largest absolute Gasteiger partial charge is 0.126 e. The number of thiophene rings is 1. The van der Waals surface area contributed by atoms with Crippen LogP contribution in [0.25, 0.3) is 0 Å². The minimum absolute atomic E-state index is 0.526. The van der Waals surface area contributed by atoms with E-state index in [9.17, 15) is 0 Å². The van der Waals surface area contributed by atoms with Crippen LogP contribution in [0.3, 0.4) is 0 Å². The first-order valence-corrected chi connectivity index (χ1v) is 4.76. The lowest BCUT2D eigenvalue weighted by atomic mass is 10.5. The van der Waals surface area contributed by atoms with Crippen LogP contribution in [0.5, 0.6) is 0 Å². The summed E-state index contributed by atoms with van der Waals surface area (Å²) >= 11 is 16.1. The maximum absolute atomic E-state index is 5.67. The van der Waals surface area contributed by atoms with Crippen LogP contribution < -0.4 is 0 Å². The molecule has 0 saturated heterocycles. The van der Waals surface area contributed by atoms with Crippen molar-refractivity contribution in [1.29, 1.82) is 0 Å². The van der Waals surface area contributed by atoms with E-state index in [-0.39, 0.29) is 0 Å². The Hall–Kier alpha value is 0.760. The summed E-state index contributed by atoms with van der Waals surface area (Å²) in [4.78, 5) is 1.08. The van der Waals surface area contributed by atoms with Crippen LogP contribution in [0, 0.1) is 0 Å². The number of hydrogen-bond donors (Lipinski definition) is 0. The lowest BCUT2D eigenvalue weighted by Gasteiger charge is -1.83. The second kappa shape index (κ2) is 3.24. The highest BCUT2D eigenvalue weighted by atomic mass is 79.9. The fourth-order valence-electron chi connectivity index (χ4n) is 0.467. The van der Waals surface area contributed by atoms with Crippen molar-refractivity contribution in [3.8, 4) is 0 Å². The average Bonchev–Trinajstić information content (AvgIpc) is 2.10. The van der Waals surface area contributed by atoms with Crippen LogP contribution in [0.2, 0.25) is 4.34 Å². The molecular formula is C5H3BrCl2S. The van der Waals surface area contributed by atoms with Gasteiger partial charge >= 0.3 is 0 Å². The normalized spacial score (nSPS) is 10.1. The van der Waals surface area contributed by atoms with E-state index in [4.69, 9.17) is 23.2 Å². The molecule has 1 rings (SSSR count). The minimum atomic E-state index is 0.526. The Morgan fingerprint density at radius 3 is 2.56 bits per heavy atom. The molecule has 4 heteroatoms. The SMILES string of the molecule is ClCc1sc(Cl)cc1Br. The molecule has 0 saturated carbocycles. The van der Waals surface area contributed by atoms with E-state index in [1.165, 1.54) is 11.3 Å². The number of alkyl halides is 1. The van der Waals surface area contributed by atoms with E-state index in [1.54, 1.807) is 0 Å². The number of rotatable bonds is 1. The van der Waals surface area contributed by atoms with Crippen LogP contribution >= 0.6 is 50.5 Å². The lowest BCUT2D eigenvalue weighted by Crippen LogP contribution is -1.64. The monoisotopic (exact) mass is 244 g/mol. The Morgan fingerprint density at radius 1 is 1.67 bits per heavy atom. The zero-order valence-electron chi connectivity index (χ0n) is 4.33. The Bertz CT molecular complexity index is 209. The predicted octanol–water partition coefficient (Wildman–Crippen LogP) is 3.90. The molecule has 0 bridgehead atoms. The van der Waals surface area contributed by atoms with E-state index in [0.29, 0.717) is 5.88 Å². The van der Waals surface area contributed by atoms with Gasteiger partial charge in [-0.2, -0.15) is 0 Å². The van der Waals surface area contributed by atoms with Gasteiger partial charge in [-0.15, -0.1) is 22.9 Å². The van der Waals surface area contributed by atoms with Crippen molar-refractivity contribution in [3.63, 3.8) is 0 Å². The molecule has 50 valence electrons. The van der Waals surface area contributed by atoms with Gasteiger partial charge in [0.05, 0.1) is 10.2 Å². The third kappa shape index (κ3) is 1.84. The molecule has 0 aliphatic heterocycles. The molecule has 0 radical (unpaired) electrons. The molecule has 0 spiro atoms. The Morgan fingerprint density at radius 2 is 2.33 bits per heavy atom. The van der Waals surface area contributed by atoms with Crippen molar-refractivity contribution >= 4 is 50.5 Å². The van der Waals surface area contributed by atoms with Crippen LogP contribution in [-0.4, -0.2) is 0 Å². The first kappa shape index (κ1) is 7.86. The van der Waals surface area contributed by atoms with Crippen molar-refractivity contribution in [2.45, 2.75) is 5.88 Å². The highest BCUT2D eigenvalue weighted by Crippen LogP contribution is 2.31. The fourth-order valence-corrected chi connectivity index (χ4v) is 2.84. The van der Waals surface area contributed by atoms with Gasteiger partial charge in [0.15, 0.2) is 0 Å². The zero-order chi connectivity index (χ0) is 6.85.